The fourth-order valence-corrected chi connectivity index (χ4v) is 7.18. The van der Waals surface area contributed by atoms with Crippen molar-refractivity contribution >= 4 is 54.4 Å². The van der Waals surface area contributed by atoms with Gasteiger partial charge in [-0.25, -0.2) is 9.97 Å². The molecule has 0 aliphatic rings. The van der Waals surface area contributed by atoms with Crippen molar-refractivity contribution in [2.24, 2.45) is 0 Å². The molecule has 2 aromatic heterocycles. The van der Waals surface area contributed by atoms with Crippen LogP contribution in [0.5, 0.6) is 0 Å². The summed E-state index contributed by atoms with van der Waals surface area (Å²) >= 11 is 0. The molecule has 0 fully saturated rings. The maximum absolute atomic E-state index is 6.51. The van der Waals surface area contributed by atoms with E-state index in [9.17, 15) is 0 Å². The van der Waals surface area contributed by atoms with Crippen molar-refractivity contribution in [1.29, 1.82) is 0 Å². The zero-order chi connectivity index (χ0) is 32.3. The third-order valence-electron chi connectivity index (χ3n) is 9.64. The van der Waals surface area contributed by atoms with Crippen LogP contribution in [0.2, 0.25) is 0 Å². The van der Waals surface area contributed by atoms with E-state index in [1.165, 1.54) is 32.7 Å². The number of nitrogens with zero attached hydrogens (tertiary/aromatic N) is 2. The lowest BCUT2D eigenvalue weighted by Crippen LogP contribution is -1.96. The second-order valence-corrected chi connectivity index (χ2v) is 12.6. The van der Waals surface area contributed by atoms with Gasteiger partial charge in [0.2, 0.25) is 0 Å². The summed E-state index contributed by atoms with van der Waals surface area (Å²) in [6.45, 7) is 0. The Labute approximate surface area is 282 Å². The lowest BCUT2D eigenvalue weighted by molar-refractivity contribution is 0.669. The molecular formula is C46H28N2O. The number of fused-ring (bicyclic) bond motifs is 6. The van der Waals surface area contributed by atoms with Gasteiger partial charge in [0.25, 0.3) is 0 Å². The van der Waals surface area contributed by atoms with Gasteiger partial charge < -0.3 is 4.42 Å². The zero-order valence-electron chi connectivity index (χ0n) is 26.5. The Bertz CT molecular complexity index is 2880. The molecule has 49 heavy (non-hydrogen) atoms. The Morgan fingerprint density at radius 2 is 0.959 bits per heavy atom. The average molecular weight is 625 g/mol. The summed E-state index contributed by atoms with van der Waals surface area (Å²) in [5.41, 5.74) is 10.0. The smallest absolute Gasteiger partial charge is 0.160 e. The van der Waals surface area contributed by atoms with E-state index >= 15 is 0 Å². The molecule has 0 amide bonds. The van der Waals surface area contributed by atoms with Gasteiger partial charge in [0, 0.05) is 27.3 Å². The first kappa shape index (κ1) is 27.5. The summed E-state index contributed by atoms with van der Waals surface area (Å²) < 4.78 is 6.51. The maximum atomic E-state index is 6.51. The SMILES string of the molecule is c1ccc2cc(-c3ccc(-c4cc(-c5nc(-c6ccc7ccccc7c6)c6ccccc6n5)cc5oc6ccccc6c45)cc3)ccc2c1. The van der Waals surface area contributed by atoms with Crippen LogP contribution in [0.15, 0.2) is 174 Å². The third kappa shape index (κ3) is 4.67. The maximum Gasteiger partial charge on any atom is 0.160 e. The lowest BCUT2D eigenvalue weighted by Gasteiger charge is -2.12. The van der Waals surface area contributed by atoms with E-state index in [0.29, 0.717) is 5.82 Å². The lowest BCUT2D eigenvalue weighted by atomic mass is 9.94. The van der Waals surface area contributed by atoms with E-state index < -0.39 is 0 Å². The van der Waals surface area contributed by atoms with Crippen LogP contribution in [0.25, 0.3) is 99.3 Å². The monoisotopic (exact) mass is 624 g/mol. The van der Waals surface area contributed by atoms with Gasteiger partial charge in [0.05, 0.1) is 11.2 Å². The van der Waals surface area contributed by atoms with Gasteiger partial charge in [-0.1, -0.05) is 133 Å². The minimum atomic E-state index is 0.665. The molecule has 0 radical (unpaired) electrons. The van der Waals surface area contributed by atoms with Crippen LogP contribution in [0.1, 0.15) is 0 Å². The van der Waals surface area contributed by atoms with E-state index in [-0.39, 0.29) is 0 Å². The van der Waals surface area contributed by atoms with Gasteiger partial charge in [-0.05, 0) is 80.2 Å². The van der Waals surface area contributed by atoms with Crippen molar-refractivity contribution in [1.82, 2.24) is 9.97 Å². The second kappa shape index (κ2) is 11.0. The van der Waals surface area contributed by atoms with Crippen LogP contribution < -0.4 is 0 Å². The van der Waals surface area contributed by atoms with Crippen LogP contribution >= 0.6 is 0 Å². The number of aromatic nitrogens is 2. The molecule has 228 valence electrons. The number of benzene rings is 8. The molecular weight excluding hydrogens is 597 g/mol. The molecule has 0 unspecified atom stereocenters. The van der Waals surface area contributed by atoms with E-state index in [2.05, 4.69) is 152 Å². The number of hydrogen-bond donors (Lipinski definition) is 0. The van der Waals surface area contributed by atoms with Gasteiger partial charge in [0.15, 0.2) is 5.82 Å². The highest BCUT2D eigenvalue weighted by Crippen LogP contribution is 2.41. The normalized spacial score (nSPS) is 11.7. The van der Waals surface area contributed by atoms with Crippen molar-refractivity contribution in [2.45, 2.75) is 0 Å². The molecule has 0 saturated heterocycles. The van der Waals surface area contributed by atoms with Crippen molar-refractivity contribution in [3.8, 4) is 44.9 Å². The van der Waals surface area contributed by atoms with E-state index in [0.717, 1.165) is 60.8 Å². The molecule has 10 aromatic rings. The zero-order valence-corrected chi connectivity index (χ0v) is 26.5. The Hall–Kier alpha value is -6.58. The van der Waals surface area contributed by atoms with E-state index in [1.807, 2.05) is 18.2 Å². The standard InChI is InChI=1S/C46H28N2O/c1-3-11-33-25-35(23-19-29(33)9-1)31-17-21-32(22-18-31)40-27-37(28-43-44(40)39-14-6-8-16-42(39)49-43)46-47-41-15-7-5-13-38(41)45(48-46)36-24-20-30-10-2-4-12-34(30)26-36/h1-28H. The minimum Gasteiger partial charge on any atom is -0.456 e. The van der Waals surface area contributed by atoms with E-state index in [1.54, 1.807) is 0 Å². The number of rotatable bonds is 4. The quantitative estimate of drug-likeness (QED) is 0.196. The molecule has 0 atom stereocenters. The highest BCUT2D eigenvalue weighted by molar-refractivity contribution is 6.13. The summed E-state index contributed by atoms with van der Waals surface area (Å²) in [4.78, 5) is 10.4. The van der Waals surface area contributed by atoms with Crippen LogP contribution in [0.3, 0.4) is 0 Å². The summed E-state index contributed by atoms with van der Waals surface area (Å²) in [6.07, 6.45) is 0. The summed E-state index contributed by atoms with van der Waals surface area (Å²) in [5, 5.41) is 8.08. The summed E-state index contributed by atoms with van der Waals surface area (Å²) in [6, 6.07) is 59.8. The van der Waals surface area contributed by atoms with Crippen LogP contribution in [0, 0.1) is 0 Å². The molecule has 3 heteroatoms. The fraction of sp³-hybridized carbons (Fsp3) is 0. The molecule has 0 bridgehead atoms. The number of para-hydroxylation sites is 2. The molecule has 0 aliphatic heterocycles. The first-order valence-electron chi connectivity index (χ1n) is 16.6. The highest BCUT2D eigenvalue weighted by Gasteiger charge is 2.18. The van der Waals surface area contributed by atoms with Gasteiger partial charge >= 0.3 is 0 Å². The van der Waals surface area contributed by atoms with Gasteiger partial charge in [-0.2, -0.15) is 0 Å². The molecule has 0 aliphatic carbocycles. The largest absolute Gasteiger partial charge is 0.456 e. The van der Waals surface area contributed by atoms with Gasteiger partial charge in [0.1, 0.15) is 11.2 Å². The Morgan fingerprint density at radius 1 is 0.367 bits per heavy atom. The van der Waals surface area contributed by atoms with Crippen LogP contribution in [-0.2, 0) is 0 Å². The second-order valence-electron chi connectivity index (χ2n) is 12.6. The Kier molecular flexibility index (Phi) is 6.18. The first-order valence-corrected chi connectivity index (χ1v) is 16.6. The first-order chi connectivity index (χ1) is 24.2. The third-order valence-corrected chi connectivity index (χ3v) is 9.64. The minimum absolute atomic E-state index is 0.665. The van der Waals surface area contributed by atoms with Crippen molar-refractivity contribution < 1.29 is 4.42 Å². The Balaban J connectivity index is 1.16. The molecule has 8 aromatic carbocycles. The fourth-order valence-electron chi connectivity index (χ4n) is 7.18. The number of hydrogen-bond acceptors (Lipinski definition) is 3. The van der Waals surface area contributed by atoms with E-state index in [4.69, 9.17) is 14.4 Å². The molecule has 0 saturated carbocycles. The average Bonchev–Trinajstić information content (AvgIpc) is 3.55. The van der Waals surface area contributed by atoms with Gasteiger partial charge in [-0.15, -0.1) is 0 Å². The molecule has 2 heterocycles. The summed E-state index contributed by atoms with van der Waals surface area (Å²) in [7, 11) is 0. The van der Waals surface area contributed by atoms with Crippen LogP contribution in [-0.4, -0.2) is 9.97 Å². The highest BCUT2D eigenvalue weighted by atomic mass is 16.3. The molecule has 3 nitrogen and oxygen atoms in total. The topological polar surface area (TPSA) is 38.9 Å². The predicted molar refractivity (Wildman–Crippen MR) is 204 cm³/mol. The molecule has 10 rings (SSSR count). The number of furan rings is 1. The van der Waals surface area contributed by atoms with Crippen molar-refractivity contribution in [3.63, 3.8) is 0 Å². The van der Waals surface area contributed by atoms with Crippen molar-refractivity contribution in [3.05, 3.63) is 170 Å². The molecule has 0 spiro atoms. The van der Waals surface area contributed by atoms with Gasteiger partial charge in [-0.3, -0.25) is 0 Å². The van der Waals surface area contributed by atoms with Crippen molar-refractivity contribution in [2.75, 3.05) is 0 Å². The molecule has 0 N–H and O–H groups in total. The Morgan fingerprint density at radius 3 is 1.73 bits per heavy atom. The van der Waals surface area contributed by atoms with Crippen LogP contribution in [0.4, 0.5) is 0 Å². The summed E-state index contributed by atoms with van der Waals surface area (Å²) in [5.74, 6) is 0.665. The predicted octanol–water partition coefficient (Wildman–Crippen LogP) is 12.5.